The van der Waals surface area contributed by atoms with Crippen LogP contribution < -0.4 is 4.74 Å². The maximum atomic E-state index is 14.4. The Balaban J connectivity index is 1.53. The van der Waals surface area contributed by atoms with Gasteiger partial charge in [-0.1, -0.05) is 18.2 Å². The number of hydrogen-bond donors (Lipinski definition) is 0. The molecule has 0 radical (unpaired) electrons. The van der Waals surface area contributed by atoms with Gasteiger partial charge < -0.3 is 14.4 Å². The lowest BCUT2D eigenvalue weighted by atomic mass is 9.98. The average Bonchev–Trinajstić information content (AvgIpc) is 2.72. The molecule has 1 heterocycles. The van der Waals surface area contributed by atoms with Gasteiger partial charge in [0, 0.05) is 24.9 Å². The SMILES string of the molecule is CC(C)OC(=O)N1CCC(COc2ccc(-c3ccc(S(C)(=O)=O)cc3F)cc2)CC1. The summed E-state index contributed by atoms with van der Waals surface area (Å²) in [4.78, 5) is 13.6. The van der Waals surface area contributed by atoms with E-state index in [2.05, 4.69) is 0 Å². The molecular weight excluding hydrogens is 421 g/mol. The summed E-state index contributed by atoms with van der Waals surface area (Å²) in [5.74, 6) is 0.446. The van der Waals surface area contributed by atoms with Gasteiger partial charge in [-0.15, -0.1) is 0 Å². The van der Waals surface area contributed by atoms with Crippen LogP contribution in [0.2, 0.25) is 0 Å². The lowest BCUT2D eigenvalue weighted by molar-refractivity contribution is 0.0608. The number of benzene rings is 2. The van der Waals surface area contributed by atoms with Gasteiger partial charge in [0.25, 0.3) is 0 Å². The molecule has 0 spiro atoms. The second kappa shape index (κ2) is 9.68. The predicted octanol–water partition coefficient (Wildman–Crippen LogP) is 4.53. The zero-order valence-electron chi connectivity index (χ0n) is 18.0. The Hall–Kier alpha value is -2.61. The van der Waals surface area contributed by atoms with Gasteiger partial charge in [0.05, 0.1) is 17.6 Å². The molecule has 8 heteroatoms. The Morgan fingerprint density at radius 2 is 1.77 bits per heavy atom. The van der Waals surface area contributed by atoms with Crippen LogP contribution in [0.5, 0.6) is 5.75 Å². The molecule has 0 aromatic heterocycles. The molecule has 0 atom stereocenters. The molecule has 3 rings (SSSR count). The van der Waals surface area contributed by atoms with E-state index in [0.717, 1.165) is 25.2 Å². The first kappa shape index (κ1) is 23.1. The number of rotatable bonds is 6. The van der Waals surface area contributed by atoms with Crippen LogP contribution in [0.25, 0.3) is 11.1 Å². The number of piperidine rings is 1. The summed E-state index contributed by atoms with van der Waals surface area (Å²) in [6.45, 7) is 5.53. The fourth-order valence-electron chi connectivity index (χ4n) is 3.46. The van der Waals surface area contributed by atoms with Crippen LogP contribution in [0, 0.1) is 11.7 Å². The number of amides is 1. The van der Waals surface area contributed by atoms with Gasteiger partial charge in [-0.25, -0.2) is 17.6 Å². The summed E-state index contributed by atoms with van der Waals surface area (Å²) < 4.78 is 48.6. The van der Waals surface area contributed by atoms with E-state index in [0.29, 0.717) is 42.5 Å². The minimum absolute atomic E-state index is 0.0442. The highest BCUT2D eigenvalue weighted by Crippen LogP contribution is 2.27. The zero-order valence-corrected chi connectivity index (χ0v) is 18.8. The molecular formula is C23H28FNO5S. The normalized spacial score (nSPS) is 15.2. The molecule has 0 N–H and O–H groups in total. The fourth-order valence-corrected chi connectivity index (χ4v) is 4.10. The summed E-state index contributed by atoms with van der Waals surface area (Å²) in [7, 11) is -3.45. The third-order valence-corrected chi connectivity index (χ3v) is 6.34. The van der Waals surface area contributed by atoms with Crippen LogP contribution in [0.3, 0.4) is 0 Å². The number of ether oxygens (including phenoxy) is 2. The maximum Gasteiger partial charge on any atom is 0.410 e. The molecule has 168 valence electrons. The number of nitrogens with zero attached hydrogens (tertiary/aromatic N) is 1. The quantitative estimate of drug-likeness (QED) is 0.648. The Bertz CT molecular complexity index is 1010. The number of halogens is 1. The van der Waals surface area contributed by atoms with Crippen LogP contribution in [-0.4, -0.2) is 51.5 Å². The van der Waals surface area contributed by atoms with Crippen LogP contribution in [0.1, 0.15) is 26.7 Å². The van der Waals surface area contributed by atoms with Gasteiger partial charge in [0.15, 0.2) is 9.84 Å². The Morgan fingerprint density at radius 1 is 1.13 bits per heavy atom. The van der Waals surface area contributed by atoms with Gasteiger partial charge in [0.2, 0.25) is 0 Å². The molecule has 0 unspecified atom stereocenters. The maximum absolute atomic E-state index is 14.4. The molecule has 6 nitrogen and oxygen atoms in total. The number of carbonyl (C=O) groups is 1. The minimum atomic E-state index is -3.45. The average molecular weight is 450 g/mol. The van der Waals surface area contributed by atoms with Crippen molar-refractivity contribution >= 4 is 15.9 Å². The zero-order chi connectivity index (χ0) is 22.6. The van der Waals surface area contributed by atoms with E-state index in [4.69, 9.17) is 9.47 Å². The smallest absolute Gasteiger partial charge is 0.410 e. The third kappa shape index (κ3) is 6.19. The van der Waals surface area contributed by atoms with E-state index in [1.54, 1.807) is 29.2 Å². The molecule has 0 bridgehead atoms. The Labute approximate surface area is 182 Å². The third-order valence-electron chi connectivity index (χ3n) is 5.23. The van der Waals surface area contributed by atoms with Gasteiger partial charge in [-0.2, -0.15) is 0 Å². The van der Waals surface area contributed by atoms with Crippen molar-refractivity contribution in [2.24, 2.45) is 5.92 Å². The van der Waals surface area contributed by atoms with Crippen molar-refractivity contribution in [3.8, 4) is 16.9 Å². The molecule has 2 aromatic carbocycles. The van der Waals surface area contributed by atoms with E-state index in [9.17, 15) is 17.6 Å². The summed E-state index contributed by atoms with van der Waals surface area (Å²) in [5, 5.41) is 0. The van der Waals surface area contributed by atoms with Crippen molar-refractivity contribution in [3.05, 3.63) is 48.3 Å². The largest absolute Gasteiger partial charge is 0.493 e. The highest BCUT2D eigenvalue weighted by molar-refractivity contribution is 7.90. The van der Waals surface area contributed by atoms with E-state index >= 15 is 0 Å². The van der Waals surface area contributed by atoms with Crippen LogP contribution >= 0.6 is 0 Å². The Morgan fingerprint density at radius 3 is 2.32 bits per heavy atom. The minimum Gasteiger partial charge on any atom is -0.493 e. The van der Waals surface area contributed by atoms with Crippen LogP contribution in [0.4, 0.5) is 9.18 Å². The molecule has 31 heavy (non-hydrogen) atoms. The first-order valence-corrected chi connectivity index (χ1v) is 12.2. The summed E-state index contributed by atoms with van der Waals surface area (Å²) in [5.41, 5.74) is 0.974. The van der Waals surface area contributed by atoms with Crippen molar-refractivity contribution in [2.75, 3.05) is 26.0 Å². The number of carbonyl (C=O) groups excluding carboxylic acids is 1. The molecule has 1 aliphatic rings. The molecule has 0 aliphatic carbocycles. The van der Waals surface area contributed by atoms with E-state index in [-0.39, 0.29) is 17.1 Å². The van der Waals surface area contributed by atoms with Crippen molar-refractivity contribution < 1.29 is 27.1 Å². The van der Waals surface area contributed by atoms with Gasteiger partial charge >= 0.3 is 6.09 Å². The topological polar surface area (TPSA) is 72.9 Å². The second-order valence-electron chi connectivity index (χ2n) is 8.11. The lowest BCUT2D eigenvalue weighted by Gasteiger charge is -2.31. The van der Waals surface area contributed by atoms with Crippen molar-refractivity contribution in [1.29, 1.82) is 0 Å². The number of hydrogen-bond acceptors (Lipinski definition) is 5. The predicted molar refractivity (Wildman–Crippen MR) is 116 cm³/mol. The second-order valence-corrected chi connectivity index (χ2v) is 10.1. The van der Waals surface area contributed by atoms with Crippen molar-refractivity contribution in [1.82, 2.24) is 4.90 Å². The molecule has 0 saturated carbocycles. The standard InChI is InChI=1S/C23H28FNO5S/c1-16(2)30-23(26)25-12-10-17(11-13-25)15-29-19-6-4-18(5-7-19)21-9-8-20(14-22(21)24)31(3,27)28/h4-9,14,16-17H,10-13,15H2,1-3H3. The first-order valence-electron chi connectivity index (χ1n) is 10.3. The summed E-state index contributed by atoms with van der Waals surface area (Å²) in [6, 6.07) is 11.0. The molecule has 2 aromatic rings. The molecule has 1 amide bonds. The van der Waals surface area contributed by atoms with E-state index < -0.39 is 15.7 Å². The Kier molecular flexibility index (Phi) is 7.20. The molecule has 1 aliphatic heterocycles. The van der Waals surface area contributed by atoms with E-state index in [1.165, 1.54) is 12.1 Å². The number of likely N-dealkylation sites (tertiary alicyclic amines) is 1. The summed E-state index contributed by atoms with van der Waals surface area (Å²) in [6.07, 6.45) is 2.37. The monoisotopic (exact) mass is 449 g/mol. The first-order chi connectivity index (χ1) is 14.6. The van der Waals surface area contributed by atoms with Gasteiger partial charge in [-0.05, 0) is 62.4 Å². The van der Waals surface area contributed by atoms with Gasteiger partial charge in [-0.3, -0.25) is 0 Å². The van der Waals surface area contributed by atoms with Crippen LogP contribution in [-0.2, 0) is 14.6 Å². The molecule has 1 fully saturated rings. The highest BCUT2D eigenvalue weighted by Gasteiger charge is 2.24. The van der Waals surface area contributed by atoms with Gasteiger partial charge in [0.1, 0.15) is 11.6 Å². The van der Waals surface area contributed by atoms with Crippen molar-refractivity contribution in [3.63, 3.8) is 0 Å². The van der Waals surface area contributed by atoms with E-state index in [1.807, 2.05) is 13.8 Å². The lowest BCUT2D eigenvalue weighted by Crippen LogP contribution is -2.40. The molecule has 1 saturated heterocycles. The van der Waals surface area contributed by atoms with Crippen LogP contribution in [0.15, 0.2) is 47.4 Å². The van der Waals surface area contributed by atoms with Crippen molar-refractivity contribution in [2.45, 2.75) is 37.7 Å². The number of sulfone groups is 1. The fraction of sp³-hybridized carbons (Fsp3) is 0.435. The summed E-state index contributed by atoms with van der Waals surface area (Å²) >= 11 is 0. The highest BCUT2D eigenvalue weighted by atomic mass is 32.2.